The van der Waals surface area contributed by atoms with Gasteiger partial charge in [0.2, 0.25) is 0 Å². The molecular formula is C15H24ClN3S. The second-order valence-electron chi connectivity index (χ2n) is 6.33. The van der Waals surface area contributed by atoms with E-state index in [9.17, 15) is 0 Å². The molecule has 1 fully saturated rings. The average molecular weight is 314 g/mol. The van der Waals surface area contributed by atoms with Crippen molar-refractivity contribution in [3.05, 3.63) is 22.8 Å². The predicted molar refractivity (Wildman–Crippen MR) is 90.0 cm³/mol. The van der Waals surface area contributed by atoms with Crippen molar-refractivity contribution in [1.29, 1.82) is 0 Å². The first-order chi connectivity index (χ1) is 9.37. The molecule has 1 aromatic heterocycles. The van der Waals surface area contributed by atoms with Crippen molar-refractivity contribution < 1.29 is 0 Å². The number of nitrogens with zero attached hydrogens (tertiary/aromatic N) is 2. The van der Waals surface area contributed by atoms with E-state index >= 15 is 0 Å². The first kappa shape index (κ1) is 15.9. The summed E-state index contributed by atoms with van der Waals surface area (Å²) in [6.45, 7) is 7.13. The van der Waals surface area contributed by atoms with Crippen LogP contribution in [0.4, 0.5) is 5.82 Å². The first-order valence-corrected chi connectivity index (χ1v) is 8.61. The van der Waals surface area contributed by atoms with E-state index in [1.54, 1.807) is 0 Å². The van der Waals surface area contributed by atoms with E-state index in [1.807, 2.05) is 23.9 Å². The lowest BCUT2D eigenvalue weighted by Gasteiger charge is -2.26. The van der Waals surface area contributed by atoms with Crippen LogP contribution >= 0.6 is 23.4 Å². The highest BCUT2D eigenvalue weighted by Crippen LogP contribution is 2.26. The molecule has 0 spiro atoms. The molecule has 5 heteroatoms. The lowest BCUT2D eigenvalue weighted by Crippen LogP contribution is -2.36. The molecule has 0 amide bonds. The fourth-order valence-electron chi connectivity index (χ4n) is 2.16. The maximum atomic E-state index is 6.26. The molecule has 0 saturated carbocycles. The number of hydrogen-bond donors (Lipinski definition) is 1. The van der Waals surface area contributed by atoms with Gasteiger partial charge in [-0.3, -0.25) is 0 Å². The van der Waals surface area contributed by atoms with E-state index in [4.69, 9.17) is 16.6 Å². The Labute approximate surface area is 131 Å². The largest absolute Gasteiger partial charge is 0.356 e. The van der Waals surface area contributed by atoms with Crippen molar-refractivity contribution in [3.63, 3.8) is 0 Å². The van der Waals surface area contributed by atoms with Crippen LogP contribution in [0.3, 0.4) is 0 Å². The van der Waals surface area contributed by atoms with Gasteiger partial charge < -0.3 is 10.2 Å². The zero-order valence-corrected chi connectivity index (χ0v) is 14.3. The van der Waals surface area contributed by atoms with Crippen LogP contribution in [0.2, 0.25) is 5.02 Å². The number of hydrogen-bond acceptors (Lipinski definition) is 4. The minimum absolute atomic E-state index is 0.0645. The van der Waals surface area contributed by atoms with E-state index in [0.29, 0.717) is 12.6 Å². The van der Waals surface area contributed by atoms with E-state index in [1.165, 1.54) is 17.9 Å². The molecule has 1 aliphatic heterocycles. The van der Waals surface area contributed by atoms with Crippen molar-refractivity contribution >= 4 is 29.2 Å². The van der Waals surface area contributed by atoms with Gasteiger partial charge in [0.15, 0.2) is 0 Å². The van der Waals surface area contributed by atoms with Gasteiger partial charge in [0.25, 0.3) is 0 Å². The monoisotopic (exact) mass is 313 g/mol. The van der Waals surface area contributed by atoms with Gasteiger partial charge in [-0.1, -0.05) is 11.6 Å². The molecule has 3 nitrogen and oxygen atoms in total. The van der Waals surface area contributed by atoms with Crippen molar-refractivity contribution in [2.24, 2.45) is 0 Å². The molecule has 0 aliphatic carbocycles. The quantitative estimate of drug-likeness (QED) is 0.920. The highest BCUT2D eigenvalue weighted by Gasteiger charge is 2.21. The Morgan fingerprint density at radius 3 is 2.80 bits per heavy atom. The molecule has 2 rings (SSSR count). The van der Waals surface area contributed by atoms with Gasteiger partial charge in [0, 0.05) is 30.9 Å². The standard InChI is InChI=1S/C15H24ClN3S/c1-15(2,3)17-9-13-12(16)5-6-14(18-13)19(4)11-7-8-20-10-11/h5-6,11,17H,7-10H2,1-4H3. The highest BCUT2D eigenvalue weighted by molar-refractivity contribution is 7.99. The Hall–Kier alpha value is -0.450. The fourth-order valence-corrected chi connectivity index (χ4v) is 3.60. The second-order valence-corrected chi connectivity index (χ2v) is 7.89. The Morgan fingerprint density at radius 2 is 2.20 bits per heavy atom. The number of aromatic nitrogens is 1. The van der Waals surface area contributed by atoms with Crippen LogP contribution < -0.4 is 10.2 Å². The zero-order chi connectivity index (χ0) is 14.8. The molecule has 1 N–H and O–H groups in total. The second kappa shape index (κ2) is 6.54. The number of anilines is 1. The minimum Gasteiger partial charge on any atom is -0.356 e. The van der Waals surface area contributed by atoms with Gasteiger partial charge in [-0.15, -0.1) is 0 Å². The highest BCUT2D eigenvalue weighted by atomic mass is 35.5. The topological polar surface area (TPSA) is 28.2 Å². The van der Waals surface area contributed by atoms with Gasteiger partial charge in [-0.05, 0) is 45.1 Å². The Bertz CT molecular complexity index is 453. The molecule has 20 heavy (non-hydrogen) atoms. The summed E-state index contributed by atoms with van der Waals surface area (Å²) < 4.78 is 0. The van der Waals surface area contributed by atoms with Crippen LogP contribution in [0.25, 0.3) is 0 Å². The van der Waals surface area contributed by atoms with Gasteiger partial charge in [0.05, 0.1) is 10.7 Å². The predicted octanol–water partition coefficient (Wildman–Crippen LogP) is 3.56. The van der Waals surface area contributed by atoms with Crippen LogP contribution in [0.15, 0.2) is 12.1 Å². The maximum Gasteiger partial charge on any atom is 0.128 e. The third kappa shape index (κ3) is 4.27. The average Bonchev–Trinajstić information content (AvgIpc) is 2.90. The van der Waals surface area contributed by atoms with Crippen LogP contribution in [0.5, 0.6) is 0 Å². The van der Waals surface area contributed by atoms with Crippen LogP contribution in [0.1, 0.15) is 32.9 Å². The molecule has 1 atom stereocenters. The number of rotatable bonds is 4. The Balaban J connectivity index is 2.11. The third-order valence-electron chi connectivity index (χ3n) is 3.50. The molecule has 0 radical (unpaired) electrons. The SMILES string of the molecule is CN(c1ccc(Cl)c(CNC(C)(C)C)n1)C1CCSC1. The summed E-state index contributed by atoms with van der Waals surface area (Å²) in [4.78, 5) is 7.03. The molecule has 2 heterocycles. The Morgan fingerprint density at radius 1 is 1.45 bits per heavy atom. The minimum atomic E-state index is 0.0645. The van der Waals surface area contributed by atoms with E-state index in [0.717, 1.165) is 16.5 Å². The molecule has 112 valence electrons. The number of nitrogens with one attached hydrogen (secondary N) is 1. The van der Waals surface area contributed by atoms with E-state index in [-0.39, 0.29) is 5.54 Å². The third-order valence-corrected chi connectivity index (χ3v) is 4.99. The number of halogens is 1. The van der Waals surface area contributed by atoms with Gasteiger partial charge in [0.1, 0.15) is 5.82 Å². The molecule has 1 saturated heterocycles. The van der Waals surface area contributed by atoms with Gasteiger partial charge in [-0.2, -0.15) is 11.8 Å². The fraction of sp³-hybridized carbons (Fsp3) is 0.667. The smallest absolute Gasteiger partial charge is 0.128 e. The van der Waals surface area contributed by atoms with Crippen molar-refractivity contribution in [3.8, 4) is 0 Å². The summed E-state index contributed by atoms with van der Waals surface area (Å²) in [5.74, 6) is 3.46. The van der Waals surface area contributed by atoms with Crippen LogP contribution in [-0.2, 0) is 6.54 Å². The van der Waals surface area contributed by atoms with Gasteiger partial charge in [-0.25, -0.2) is 4.98 Å². The van der Waals surface area contributed by atoms with Crippen molar-refractivity contribution in [2.75, 3.05) is 23.5 Å². The van der Waals surface area contributed by atoms with Crippen LogP contribution in [-0.4, -0.2) is 35.1 Å². The van der Waals surface area contributed by atoms with Gasteiger partial charge >= 0.3 is 0 Å². The molecule has 1 unspecified atom stereocenters. The lowest BCUT2D eigenvalue weighted by molar-refractivity contribution is 0.421. The number of pyridine rings is 1. The normalized spacial score (nSPS) is 19.4. The lowest BCUT2D eigenvalue weighted by atomic mass is 10.1. The summed E-state index contributed by atoms with van der Waals surface area (Å²) in [6.07, 6.45) is 1.24. The van der Waals surface area contributed by atoms with Crippen molar-refractivity contribution in [1.82, 2.24) is 10.3 Å². The van der Waals surface area contributed by atoms with Crippen molar-refractivity contribution in [2.45, 2.75) is 45.3 Å². The summed E-state index contributed by atoms with van der Waals surface area (Å²) in [5, 5.41) is 4.18. The first-order valence-electron chi connectivity index (χ1n) is 7.08. The van der Waals surface area contributed by atoms with E-state index < -0.39 is 0 Å². The van der Waals surface area contributed by atoms with E-state index in [2.05, 4.69) is 38.0 Å². The Kier molecular flexibility index (Phi) is 5.21. The summed E-state index contributed by atoms with van der Waals surface area (Å²) in [7, 11) is 2.13. The molecule has 0 bridgehead atoms. The zero-order valence-electron chi connectivity index (χ0n) is 12.7. The van der Waals surface area contributed by atoms with Crippen LogP contribution in [0, 0.1) is 0 Å². The molecular weight excluding hydrogens is 290 g/mol. The maximum absolute atomic E-state index is 6.26. The molecule has 1 aromatic rings. The summed E-state index contributed by atoms with van der Waals surface area (Å²) >= 11 is 8.28. The molecule has 1 aliphatic rings. The molecule has 0 aromatic carbocycles. The number of thioether (sulfide) groups is 1. The summed E-state index contributed by atoms with van der Waals surface area (Å²) in [5.41, 5.74) is 0.992. The summed E-state index contributed by atoms with van der Waals surface area (Å²) in [6, 6.07) is 4.57.